The van der Waals surface area contributed by atoms with Crippen LogP contribution in [0.2, 0.25) is 18.1 Å². The Balaban J connectivity index is 1.38. The molecule has 53 heavy (non-hydrogen) atoms. The van der Waals surface area contributed by atoms with Crippen molar-refractivity contribution >= 4 is 48.0 Å². The van der Waals surface area contributed by atoms with Gasteiger partial charge in [-0.1, -0.05) is 34.3 Å². The summed E-state index contributed by atoms with van der Waals surface area (Å²) in [5, 5.41) is 14.8. The molecule has 16 heteroatoms. The number of likely N-dealkylation sites (N-methyl/N-ethyl adjacent to an activating group) is 1. The van der Waals surface area contributed by atoms with Crippen LogP contribution in [-0.4, -0.2) is 92.5 Å². The number of aryl methyl sites for hydroxylation is 1. The molecule has 0 saturated carbocycles. The van der Waals surface area contributed by atoms with Gasteiger partial charge in [-0.2, -0.15) is 10.2 Å². The van der Waals surface area contributed by atoms with Crippen LogP contribution in [0.5, 0.6) is 11.8 Å². The summed E-state index contributed by atoms with van der Waals surface area (Å²) in [6.45, 7) is 23.5. The van der Waals surface area contributed by atoms with Gasteiger partial charge in [0.25, 0.3) is 6.43 Å². The van der Waals surface area contributed by atoms with E-state index in [-0.39, 0.29) is 29.8 Å². The zero-order chi connectivity index (χ0) is 38.7. The van der Waals surface area contributed by atoms with Crippen molar-refractivity contribution in [1.82, 2.24) is 39.2 Å². The van der Waals surface area contributed by atoms with Crippen molar-refractivity contribution in [1.29, 1.82) is 0 Å². The van der Waals surface area contributed by atoms with E-state index in [1.54, 1.807) is 25.5 Å². The number of rotatable bonds is 17. The lowest BCUT2D eigenvalue weighted by molar-refractivity contribution is -0.0370. The van der Waals surface area contributed by atoms with E-state index in [4.69, 9.17) is 33.8 Å². The molecule has 1 aliphatic heterocycles. The van der Waals surface area contributed by atoms with Crippen molar-refractivity contribution in [3.63, 3.8) is 0 Å². The molecule has 4 aromatic rings. The highest BCUT2D eigenvalue weighted by molar-refractivity contribution is 14.1. The minimum Gasteiger partial charge on any atom is -0.476 e. The van der Waals surface area contributed by atoms with Gasteiger partial charge in [0, 0.05) is 43.9 Å². The zero-order valence-electron chi connectivity index (χ0n) is 32.5. The first-order chi connectivity index (χ1) is 25.1. The Morgan fingerprint density at radius 2 is 1.94 bits per heavy atom. The van der Waals surface area contributed by atoms with Crippen LogP contribution in [0.25, 0.3) is 28.2 Å². The summed E-state index contributed by atoms with van der Waals surface area (Å²) in [6, 6.07) is 1.93. The van der Waals surface area contributed by atoms with Crippen molar-refractivity contribution in [2.75, 3.05) is 26.3 Å². The summed E-state index contributed by atoms with van der Waals surface area (Å²) in [6.07, 6.45) is 3.39. The van der Waals surface area contributed by atoms with Gasteiger partial charge in [0.15, 0.2) is 26.3 Å². The average molecular weight is 869 g/mol. The Labute approximate surface area is 326 Å². The summed E-state index contributed by atoms with van der Waals surface area (Å²) in [4.78, 5) is 6.70. The molecule has 1 saturated heterocycles. The summed E-state index contributed by atoms with van der Waals surface area (Å²) in [5.74, 6) is 0.757. The molecule has 0 aromatic carbocycles. The predicted octanol–water partition coefficient (Wildman–Crippen LogP) is 8.32. The number of nitrogens with zero attached hydrogens (tertiary/aromatic N) is 8. The fourth-order valence-electron chi connectivity index (χ4n) is 6.25. The van der Waals surface area contributed by atoms with Crippen molar-refractivity contribution in [3.05, 3.63) is 40.0 Å². The van der Waals surface area contributed by atoms with E-state index < -0.39 is 20.8 Å². The lowest BCUT2D eigenvalue weighted by atomic mass is 10.1. The van der Waals surface area contributed by atoms with Crippen LogP contribution in [0.1, 0.15) is 78.4 Å². The molecule has 3 atom stereocenters. The molecule has 5 heterocycles. The summed E-state index contributed by atoms with van der Waals surface area (Å²) >= 11 is 2.24. The average Bonchev–Trinajstić information content (AvgIpc) is 3.75. The number of hydrogen-bond acceptors (Lipinski definition) is 9. The van der Waals surface area contributed by atoms with E-state index >= 15 is 0 Å². The van der Waals surface area contributed by atoms with Gasteiger partial charge < -0.3 is 18.6 Å². The third-order valence-corrected chi connectivity index (χ3v) is 15.9. The standard InChI is InChI=1S/C37H55F2IN8O4Si/c1-11-28-26-18-25(19-41-34(26)48(43-28)31-16-14-15-17-50-31)27-20-42-45(8)36(27)51-30(33(38)39)23-46(12-2)22-29-32(40)35(49-13-3)44-47(29)21-24(4)52-53(9,10)37(5,6)7/h11,18-20,24,30-31,33H,1,12-17,21-23H2,2-10H3/t24-,30?,31?/m0/s1. The molecule has 0 N–H and O–H groups in total. The van der Waals surface area contributed by atoms with Gasteiger partial charge in [-0.25, -0.2) is 23.1 Å². The Bertz CT molecular complexity index is 1850. The van der Waals surface area contributed by atoms with Gasteiger partial charge in [-0.3, -0.25) is 9.58 Å². The van der Waals surface area contributed by atoms with Gasteiger partial charge in [-0.15, -0.1) is 5.10 Å². The van der Waals surface area contributed by atoms with Crippen molar-refractivity contribution in [2.45, 2.75) is 117 Å². The van der Waals surface area contributed by atoms with E-state index in [1.165, 1.54) is 4.68 Å². The smallest absolute Gasteiger partial charge is 0.276 e. The monoisotopic (exact) mass is 868 g/mol. The number of ether oxygens (including phenoxy) is 3. The Morgan fingerprint density at radius 1 is 1.19 bits per heavy atom. The lowest BCUT2D eigenvalue weighted by Gasteiger charge is -2.38. The fourth-order valence-corrected chi connectivity index (χ4v) is 8.40. The van der Waals surface area contributed by atoms with Crippen LogP contribution in [0.15, 0.2) is 25.0 Å². The highest BCUT2D eigenvalue weighted by Crippen LogP contribution is 2.38. The quantitative estimate of drug-likeness (QED) is 0.0766. The van der Waals surface area contributed by atoms with E-state index in [9.17, 15) is 8.78 Å². The fraction of sp³-hybridized carbons (Fsp3) is 0.622. The third-order valence-electron chi connectivity index (χ3n) is 10.2. The molecule has 0 aliphatic carbocycles. The van der Waals surface area contributed by atoms with Crippen LogP contribution in [0.3, 0.4) is 0 Å². The van der Waals surface area contributed by atoms with Gasteiger partial charge in [0.05, 0.1) is 46.0 Å². The number of pyridine rings is 1. The molecule has 0 radical (unpaired) electrons. The number of aromatic nitrogens is 7. The molecular weight excluding hydrogens is 813 g/mol. The van der Waals surface area contributed by atoms with Crippen LogP contribution in [-0.2, 0) is 29.3 Å². The van der Waals surface area contributed by atoms with Crippen LogP contribution in [0, 0.1) is 3.57 Å². The first-order valence-electron chi connectivity index (χ1n) is 18.5. The van der Waals surface area contributed by atoms with Crippen molar-refractivity contribution < 1.29 is 27.4 Å². The van der Waals surface area contributed by atoms with Gasteiger partial charge in [0.2, 0.25) is 11.8 Å². The molecule has 12 nitrogen and oxygen atoms in total. The Hall–Kier alpha value is -2.93. The summed E-state index contributed by atoms with van der Waals surface area (Å²) < 4.78 is 60.5. The topological polar surface area (TPSA) is 107 Å². The maximum absolute atomic E-state index is 14.9. The highest BCUT2D eigenvalue weighted by atomic mass is 127. The second kappa shape index (κ2) is 17.3. The van der Waals surface area contributed by atoms with Crippen LogP contribution >= 0.6 is 22.6 Å². The van der Waals surface area contributed by atoms with E-state index in [1.807, 2.05) is 34.2 Å². The largest absolute Gasteiger partial charge is 0.476 e. The van der Waals surface area contributed by atoms with Gasteiger partial charge in [0.1, 0.15) is 0 Å². The van der Waals surface area contributed by atoms with Gasteiger partial charge in [-0.05, 0) is 92.5 Å². The van der Waals surface area contributed by atoms with Crippen molar-refractivity contribution in [2.24, 2.45) is 7.05 Å². The number of halogens is 3. The molecule has 4 aromatic heterocycles. The molecule has 5 rings (SSSR count). The lowest BCUT2D eigenvalue weighted by Crippen LogP contribution is -2.44. The summed E-state index contributed by atoms with van der Waals surface area (Å²) in [5.41, 5.74) is 3.45. The molecule has 0 amide bonds. The van der Waals surface area contributed by atoms with Crippen LogP contribution in [0.4, 0.5) is 8.78 Å². The first kappa shape index (κ1) is 41.2. The SMILES string of the molecule is C=Cc1nn(C2CCCCO2)c2ncc(-c3cnn(C)c3OC(CN(CC)Cc3c(I)c(OCC)nn3C[C@H](C)O[Si](C)(C)C(C)(C)C)C(F)F)cc12. The van der Waals surface area contributed by atoms with Crippen molar-refractivity contribution in [3.8, 4) is 22.9 Å². The summed E-state index contributed by atoms with van der Waals surface area (Å²) in [7, 11) is -0.352. The molecule has 0 bridgehead atoms. The molecule has 2 unspecified atom stereocenters. The Morgan fingerprint density at radius 3 is 2.57 bits per heavy atom. The third kappa shape index (κ3) is 9.31. The number of hydrogen-bond donors (Lipinski definition) is 0. The van der Waals surface area contributed by atoms with Crippen LogP contribution < -0.4 is 9.47 Å². The molecule has 292 valence electrons. The minimum atomic E-state index is -2.77. The second-order valence-corrected chi connectivity index (χ2v) is 21.0. The highest BCUT2D eigenvalue weighted by Gasteiger charge is 2.39. The molecular formula is C37H55F2IN8O4Si. The van der Waals surface area contributed by atoms with E-state index in [0.717, 1.165) is 33.9 Å². The zero-order valence-corrected chi connectivity index (χ0v) is 35.7. The van der Waals surface area contributed by atoms with E-state index in [0.29, 0.717) is 61.2 Å². The molecule has 1 aliphatic rings. The molecule has 0 spiro atoms. The van der Waals surface area contributed by atoms with E-state index in [2.05, 4.69) is 75.1 Å². The second-order valence-electron chi connectivity index (χ2n) is 15.1. The molecule has 1 fully saturated rings. The number of fused-ring (bicyclic) bond motifs is 1. The first-order valence-corrected chi connectivity index (χ1v) is 22.4. The predicted molar refractivity (Wildman–Crippen MR) is 214 cm³/mol. The maximum atomic E-state index is 14.9. The Kier molecular flexibility index (Phi) is 13.4. The normalized spacial score (nSPS) is 16.8. The minimum absolute atomic E-state index is 0.0356. The maximum Gasteiger partial charge on any atom is 0.276 e. The van der Waals surface area contributed by atoms with Gasteiger partial charge >= 0.3 is 0 Å². The number of alkyl halides is 2.